The van der Waals surface area contributed by atoms with Crippen LogP contribution in [0.4, 0.5) is 0 Å². The van der Waals surface area contributed by atoms with Crippen LogP contribution in [0.1, 0.15) is 25.1 Å². The van der Waals surface area contributed by atoms with Gasteiger partial charge < -0.3 is 9.84 Å². The number of ether oxygens (including phenoxy) is 1. The molecule has 1 atom stereocenters. The van der Waals surface area contributed by atoms with Crippen molar-refractivity contribution in [2.24, 2.45) is 0 Å². The number of aromatic nitrogens is 2. The predicted octanol–water partition coefficient (Wildman–Crippen LogP) is 1.33. The Labute approximate surface area is 126 Å². The summed E-state index contributed by atoms with van der Waals surface area (Å²) in [6.07, 6.45) is 1.78. The summed E-state index contributed by atoms with van der Waals surface area (Å²) in [5, 5.41) is 9.63. The number of hydrogen-bond acceptors (Lipinski definition) is 6. The van der Waals surface area contributed by atoms with Crippen molar-refractivity contribution in [2.45, 2.75) is 39.3 Å². The Morgan fingerprint density at radius 3 is 3.00 bits per heavy atom. The SMILES string of the molecule is CCc1cc2c(=O)n(CCCOC(=O)[C@H](C)O)cnc2s1. The van der Waals surface area contributed by atoms with Crippen LogP contribution in [0.25, 0.3) is 10.2 Å². The molecular weight excluding hydrogens is 292 g/mol. The van der Waals surface area contributed by atoms with Gasteiger partial charge in [0.1, 0.15) is 10.9 Å². The Morgan fingerprint density at radius 1 is 1.57 bits per heavy atom. The molecule has 0 spiro atoms. The van der Waals surface area contributed by atoms with Gasteiger partial charge >= 0.3 is 5.97 Å². The molecule has 21 heavy (non-hydrogen) atoms. The summed E-state index contributed by atoms with van der Waals surface area (Å²) in [7, 11) is 0. The second-order valence-electron chi connectivity index (χ2n) is 4.73. The summed E-state index contributed by atoms with van der Waals surface area (Å²) in [5.74, 6) is -0.652. The van der Waals surface area contributed by atoms with E-state index >= 15 is 0 Å². The molecule has 114 valence electrons. The van der Waals surface area contributed by atoms with Gasteiger partial charge in [-0.05, 0) is 25.8 Å². The fourth-order valence-electron chi connectivity index (χ4n) is 1.87. The van der Waals surface area contributed by atoms with Crippen molar-refractivity contribution in [3.8, 4) is 0 Å². The van der Waals surface area contributed by atoms with Gasteiger partial charge in [0.25, 0.3) is 5.56 Å². The second kappa shape index (κ2) is 6.82. The summed E-state index contributed by atoms with van der Waals surface area (Å²) in [5.41, 5.74) is -0.0715. The third-order valence-electron chi connectivity index (χ3n) is 3.05. The molecule has 2 rings (SSSR count). The van der Waals surface area contributed by atoms with Gasteiger partial charge in [-0.3, -0.25) is 9.36 Å². The Hall–Kier alpha value is -1.73. The number of thiophene rings is 1. The topological polar surface area (TPSA) is 81.4 Å². The van der Waals surface area contributed by atoms with Crippen LogP contribution in [0.3, 0.4) is 0 Å². The summed E-state index contributed by atoms with van der Waals surface area (Å²) in [6, 6.07) is 1.89. The first-order chi connectivity index (χ1) is 10.0. The summed E-state index contributed by atoms with van der Waals surface area (Å²) >= 11 is 1.53. The molecule has 0 saturated carbocycles. The van der Waals surface area contributed by atoms with Crippen LogP contribution >= 0.6 is 11.3 Å². The van der Waals surface area contributed by atoms with E-state index in [0.29, 0.717) is 18.4 Å². The number of aliphatic hydroxyl groups is 1. The van der Waals surface area contributed by atoms with E-state index in [0.717, 1.165) is 16.1 Å². The van der Waals surface area contributed by atoms with Gasteiger partial charge in [-0.25, -0.2) is 9.78 Å². The van der Waals surface area contributed by atoms with Crippen molar-refractivity contribution in [3.63, 3.8) is 0 Å². The van der Waals surface area contributed by atoms with Crippen molar-refractivity contribution >= 4 is 27.5 Å². The minimum atomic E-state index is -1.12. The third-order valence-corrected chi connectivity index (χ3v) is 4.23. The molecule has 0 aliphatic carbocycles. The van der Waals surface area contributed by atoms with Gasteiger partial charge in [0.05, 0.1) is 18.3 Å². The zero-order valence-corrected chi connectivity index (χ0v) is 12.9. The number of esters is 1. The summed E-state index contributed by atoms with van der Waals surface area (Å²) in [6.45, 7) is 3.98. The monoisotopic (exact) mass is 310 g/mol. The molecule has 0 aliphatic heterocycles. The first-order valence-electron chi connectivity index (χ1n) is 6.85. The summed E-state index contributed by atoms with van der Waals surface area (Å²) in [4.78, 5) is 29.5. The van der Waals surface area contributed by atoms with Gasteiger partial charge in [-0.15, -0.1) is 11.3 Å². The normalized spacial score (nSPS) is 12.5. The van der Waals surface area contributed by atoms with E-state index in [1.165, 1.54) is 29.2 Å². The lowest BCUT2D eigenvalue weighted by Gasteiger charge is -2.07. The lowest BCUT2D eigenvalue weighted by molar-refractivity contribution is -0.152. The molecular formula is C14H18N2O4S. The maximum Gasteiger partial charge on any atom is 0.334 e. The number of rotatable bonds is 6. The highest BCUT2D eigenvalue weighted by Crippen LogP contribution is 2.20. The first-order valence-corrected chi connectivity index (χ1v) is 7.67. The quantitative estimate of drug-likeness (QED) is 0.643. The fourth-order valence-corrected chi connectivity index (χ4v) is 2.80. The van der Waals surface area contributed by atoms with E-state index in [9.17, 15) is 9.59 Å². The molecule has 7 heteroatoms. The number of aliphatic hydroxyl groups excluding tert-OH is 1. The number of carbonyl (C=O) groups excluding carboxylic acids is 1. The molecule has 0 aromatic carbocycles. The number of fused-ring (bicyclic) bond motifs is 1. The maximum absolute atomic E-state index is 12.3. The van der Waals surface area contributed by atoms with Gasteiger partial charge in [0, 0.05) is 11.4 Å². The molecule has 0 bridgehead atoms. The predicted molar refractivity (Wildman–Crippen MR) is 80.5 cm³/mol. The molecule has 2 aromatic rings. The number of carbonyl (C=O) groups is 1. The highest BCUT2D eigenvalue weighted by atomic mass is 32.1. The molecule has 6 nitrogen and oxygen atoms in total. The lowest BCUT2D eigenvalue weighted by Crippen LogP contribution is -2.23. The van der Waals surface area contributed by atoms with E-state index in [4.69, 9.17) is 9.84 Å². The van der Waals surface area contributed by atoms with Crippen molar-refractivity contribution < 1.29 is 14.6 Å². The van der Waals surface area contributed by atoms with E-state index in [1.54, 1.807) is 0 Å². The highest BCUT2D eigenvalue weighted by molar-refractivity contribution is 7.18. The van der Waals surface area contributed by atoms with Crippen molar-refractivity contribution in [2.75, 3.05) is 6.61 Å². The van der Waals surface area contributed by atoms with Crippen molar-refractivity contribution in [1.29, 1.82) is 0 Å². The number of hydrogen-bond donors (Lipinski definition) is 1. The highest BCUT2D eigenvalue weighted by Gasteiger charge is 2.10. The summed E-state index contributed by atoms with van der Waals surface area (Å²) < 4.78 is 6.37. The second-order valence-corrected chi connectivity index (χ2v) is 5.84. The number of aryl methyl sites for hydroxylation is 2. The zero-order chi connectivity index (χ0) is 15.4. The zero-order valence-electron chi connectivity index (χ0n) is 12.0. The molecule has 0 fully saturated rings. The minimum absolute atomic E-state index is 0.0715. The van der Waals surface area contributed by atoms with E-state index in [2.05, 4.69) is 4.98 Å². The van der Waals surface area contributed by atoms with Crippen LogP contribution in [0.5, 0.6) is 0 Å². The average Bonchev–Trinajstić information content (AvgIpc) is 2.89. The molecule has 0 saturated heterocycles. The van der Waals surface area contributed by atoms with Gasteiger partial charge in [-0.1, -0.05) is 6.92 Å². The van der Waals surface area contributed by atoms with Crippen LogP contribution in [-0.4, -0.2) is 33.3 Å². The molecule has 0 amide bonds. The van der Waals surface area contributed by atoms with E-state index in [1.807, 2.05) is 13.0 Å². The van der Waals surface area contributed by atoms with Gasteiger partial charge in [-0.2, -0.15) is 0 Å². The molecule has 2 aromatic heterocycles. The van der Waals surface area contributed by atoms with Crippen LogP contribution in [0.15, 0.2) is 17.2 Å². The minimum Gasteiger partial charge on any atom is -0.464 e. The Kier molecular flexibility index (Phi) is 5.08. The molecule has 2 heterocycles. The fraction of sp³-hybridized carbons (Fsp3) is 0.500. The Morgan fingerprint density at radius 2 is 2.33 bits per heavy atom. The lowest BCUT2D eigenvalue weighted by atomic mass is 10.3. The smallest absolute Gasteiger partial charge is 0.334 e. The van der Waals surface area contributed by atoms with Crippen molar-refractivity contribution in [3.05, 3.63) is 27.6 Å². The maximum atomic E-state index is 12.3. The molecule has 0 unspecified atom stereocenters. The standard InChI is InChI=1S/C14H18N2O4S/c1-3-10-7-11-12(21-10)15-8-16(13(11)18)5-4-6-20-14(19)9(2)17/h7-9,17H,3-6H2,1-2H3/t9-/m0/s1. The van der Waals surface area contributed by atoms with Crippen LogP contribution in [0, 0.1) is 0 Å². The average molecular weight is 310 g/mol. The van der Waals surface area contributed by atoms with E-state index < -0.39 is 12.1 Å². The van der Waals surface area contributed by atoms with E-state index in [-0.39, 0.29) is 12.2 Å². The number of nitrogens with zero attached hydrogens (tertiary/aromatic N) is 2. The molecule has 0 aliphatic rings. The Bertz CT molecular complexity index is 690. The van der Waals surface area contributed by atoms with Crippen molar-refractivity contribution in [1.82, 2.24) is 9.55 Å². The largest absolute Gasteiger partial charge is 0.464 e. The molecule has 0 radical (unpaired) electrons. The van der Waals surface area contributed by atoms with Gasteiger partial charge in [0.2, 0.25) is 0 Å². The molecule has 1 N–H and O–H groups in total. The van der Waals surface area contributed by atoms with Crippen LogP contribution in [-0.2, 0) is 22.5 Å². The third kappa shape index (κ3) is 3.68. The van der Waals surface area contributed by atoms with Crippen LogP contribution < -0.4 is 5.56 Å². The first kappa shape index (κ1) is 15.7. The Balaban J connectivity index is 2.01. The van der Waals surface area contributed by atoms with Gasteiger partial charge in [0.15, 0.2) is 0 Å². The van der Waals surface area contributed by atoms with Crippen LogP contribution in [0.2, 0.25) is 0 Å².